The van der Waals surface area contributed by atoms with E-state index in [1.807, 2.05) is 13.8 Å². The number of aromatic hydroxyl groups is 1. The molecule has 0 spiro atoms. The van der Waals surface area contributed by atoms with Crippen molar-refractivity contribution in [2.24, 2.45) is 11.8 Å². The number of nitrogens with zero attached hydrogens (tertiary/aromatic N) is 1. The van der Waals surface area contributed by atoms with Crippen molar-refractivity contribution in [1.29, 1.82) is 0 Å². The van der Waals surface area contributed by atoms with Crippen LogP contribution >= 0.6 is 0 Å². The summed E-state index contributed by atoms with van der Waals surface area (Å²) in [5.74, 6) is -2.25. The van der Waals surface area contributed by atoms with Crippen LogP contribution < -0.4 is 10.6 Å². The quantitative estimate of drug-likeness (QED) is 0.436. The second-order valence-corrected chi connectivity index (χ2v) is 10.2. The summed E-state index contributed by atoms with van der Waals surface area (Å²) < 4.78 is 5.27. The monoisotopic (exact) mass is 491 g/mol. The highest BCUT2D eigenvalue weighted by molar-refractivity contribution is 5.87. The van der Waals surface area contributed by atoms with Crippen molar-refractivity contribution in [2.45, 2.75) is 71.6 Å². The van der Waals surface area contributed by atoms with E-state index in [1.54, 1.807) is 37.8 Å². The van der Waals surface area contributed by atoms with E-state index in [9.17, 15) is 29.4 Å². The van der Waals surface area contributed by atoms with E-state index in [-0.39, 0.29) is 29.9 Å². The standard InChI is InChI=1S/C25H37N3O7/c1-15(2)20(27-24(34)35-25(3,4)5)22(31)28-12-10-17(11-13-28)21(30)26-19(23(32)33)14-16-6-8-18(29)9-7-16/h6-9,15,17,19-20,29H,10-14H2,1-5H3,(H,26,30)(H,27,34)(H,32,33). The predicted octanol–water partition coefficient (Wildman–Crippen LogP) is 2.29. The number of rotatable bonds is 8. The van der Waals surface area contributed by atoms with Gasteiger partial charge in [0.25, 0.3) is 0 Å². The van der Waals surface area contributed by atoms with Crippen molar-refractivity contribution in [1.82, 2.24) is 15.5 Å². The fourth-order valence-electron chi connectivity index (χ4n) is 3.86. The van der Waals surface area contributed by atoms with Gasteiger partial charge < -0.3 is 30.5 Å². The fourth-order valence-corrected chi connectivity index (χ4v) is 3.86. The van der Waals surface area contributed by atoms with Gasteiger partial charge in [-0.2, -0.15) is 0 Å². The number of carbonyl (C=O) groups excluding carboxylic acids is 3. The van der Waals surface area contributed by atoms with Gasteiger partial charge in [-0.05, 0) is 57.2 Å². The van der Waals surface area contributed by atoms with Gasteiger partial charge in [-0.3, -0.25) is 9.59 Å². The first-order chi connectivity index (χ1) is 16.3. The molecule has 2 rings (SSSR count). The van der Waals surface area contributed by atoms with Gasteiger partial charge in [0.15, 0.2) is 0 Å². The van der Waals surface area contributed by atoms with Gasteiger partial charge in [0, 0.05) is 25.4 Å². The van der Waals surface area contributed by atoms with Crippen molar-refractivity contribution in [3.8, 4) is 5.75 Å². The van der Waals surface area contributed by atoms with E-state index in [4.69, 9.17) is 4.74 Å². The minimum atomic E-state index is -1.15. The Balaban J connectivity index is 1.92. The number of carbonyl (C=O) groups is 4. The van der Waals surface area contributed by atoms with Crippen LogP contribution in [0.2, 0.25) is 0 Å². The molecular formula is C25H37N3O7. The molecule has 0 aromatic heterocycles. The maximum atomic E-state index is 13.1. The molecule has 0 saturated carbocycles. The molecule has 35 heavy (non-hydrogen) atoms. The van der Waals surface area contributed by atoms with E-state index < -0.39 is 35.7 Å². The maximum Gasteiger partial charge on any atom is 0.408 e. The lowest BCUT2D eigenvalue weighted by Crippen LogP contribution is -2.54. The number of carboxylic acid groups (broad SMARTS) is 1. The molecule has 1 saturated heterocycles. The molecule has 2 atom stereocenters. The number of phenols is 1. The van der Waals surface area contributed by atoms with Crippen LogP contribution in [0, 0.1) is 11.8 Å². The average Bonchev–Trinajstić information content (AvgIpc) is 2.76. The van der Waals surface area contributed by atoms with Gasteiger partial charge in [-0.1, -0.05) is 26.0 Å². The third-order valence-corrected chi connectivity index (χ3v) is 5.77. The van der Waals surface area contributed by atoms with Crippen LogP contribution in [0.25, 0.3) is 0 Å². The highest BCUT2D eigenvalue weighted by Crippen LogP contribution is 2.20. The summed E-state index contributed by atoms with van der Waals surface area (Å²) in [4.78, 5) is 51.3. The summed E-state index contributed by atoms with van der Waals surface area (Å²) in [6.07, 6.45) is 0.207. The largest absolute Gasteiger partial charge is 0.508 e. The number of aliphatic carboxylic acids is 1. The third-order valence-electron chi connectivity index (χ3n) is 5.77. The van der Waals surface area contributed by atoms with Gasteiger partial charge in [0.1, 0.15) is 23.4 Å². The lowest BCUT2D eigenvalue weighted by Gasteiger charge is -2.35. The van der Waals surface area contributed by atoms with Crippen LogP contribution in [0.5, 0.6) is 5.75 Å². The Morgan fingerprint density at radius 3 is 2.11 bits per heavy atom. The molecule has 10 nitrogen and oxygen atoms in total. The zero-order valence-corrected chi connectivity index (χ0v) is 21.0. The van der Waals surface area contributed by atoms with E-state index in [2.05, 4.69) is 10.6 Å². The van der Waals surface area contributed by atoms with Crippen molar-refractivity contribution in [3.05, 3.63) is 29.8 Å². The molecule has 1 heterocycles. The first kappa shape index (κ1) is 27.9. The van der Waals surface area contributed by atoms with Gasteiger partial charge in [-0.25, -0.2) is 9.59 Å². The normalized spacial score (nSPS) is 16.3. The lowest BCUT2D eigenvalue weighted by atomic mass is 9.93. The number of carboxylic acids is 1. The minimum Gasteiger partial charge on any atom is -0.508 e. The zero-order chi connectivity index (χ0) is 26.3. The summed E-state index contributed by atoms with van der Waals surface area (Å²) in [6.45, 7) is 9.55. The molecule has 4 N–H and O–H groups in total. The summed E-state index contributed by atoms with van der Waals surface area (Å²) in [5.41, 5.74) is -0.00987. The molecule has 194 valence electrons. The third kappa shape index (κ3) is 8.77. The number of hydrogen-bond acceptors (Lipinski definition) is 6. The smallest absolute Gasteiger partial charge is 0.408 e. The molecule has 1 aromatic rings. The van der Waals surface area contributed by atoms with Crippen LogP contribution in [-0.4, -0.2) is 69.8 Å². The number of amides is 3. The van der Waals surface area contributed by atoms with Crippen molar-refractivity contribution in [2.75, 3.05) is 13.1 Å². The van der Waals surface area contributed by atoms with Crippen molar-refractivity contribution >= 4 is 23.9 Å². The summed E-state index contributed by atoms with van der Waals surface area (Å²) in [7, 11) is 0. The molecule has 1 aromatic carbocycles. The summed E-state index contributed by atoms with van der Waals surface area (Å²) >= 11 is 0. The van der Waals surface area contributed by atoms with E-state index in [0.717, 1.165) is 0 Å². The minimum absolute atomic E-state index is 0.0759. The number of piperidine rings is 1. The zero-order valence-electron chi connectivity index (χ0n) is 21.0. The number of ether oxygens (including phenoxy) is 1. The van der Waals surface area contributed by atoms with Crippen LogP contribution in [0.15, 0.2) is 24.3 Å². The Hall–Kier alpha value is -3.30. The van der Waals surface area contributed by atoms with Gasteiger partial charge >= 0.3 is 12.1 Å². The summed E-state index contributed by atoms with van der Waals surface area (Å²) in [5, 5.41) is 24.2. The Morgan fingerprint density at radius 2 is 1.63 bits per heavy atom. The first-order valence-corrected chi connectivity index (χ1v) is 11.9. The van der Waals surface area contributed by atoms with Crippen LogP contribution in [0.4, 0.5) is 4.79 Å². The van der Waals surface area contributed by atoms with E-state index >= 15 is 0 Å². The van der Waals surface area contributed by atoms with Crippen LogP contribution in [0.1, 0.15) is 53.0 Å². The Kier molecular flexibility index (Phi) is 9.50. The summed E-state index contributed by atoms with van der Waals surface area (Å²) in [6, 6.07) is 4.29. The van der Waals surface area contributed by atoms with Gasteiger partial charge in [-0.15, -0.1) is 0 Å². The van der Waals surface area contributed by atoms with E-state index in [0.29, 0.717) is 31.5 Å². The van der Waals surface area contributed by atoms with Crippen LogP contribution in [0.3, 0.4) is 0 Å². The highest BCUT2D eigenvalue weighted by Gasteiger charge is 2.34. The maximum absolute atomic E-state index is 13.1. The molecular weight excluding hydrogens is 454 g/mol. The first-order valence-electron chi connectivity index (χ1n) is 11.9. The van der Waals surface area contributed by atoms with Crippen molar-refractivity contribution in [3.63, 3.8) is 0 Å². The fraction of sp³-hybridized carbons (Fsp3) is 0.600. The number of hydrogen-bond donors (Lipinski definition) is 4. The van der Waals surface area contributed by atoms with Gasteiger partial charge in [0.05, 0.1) is 0 Å². The average molecular weight is 492 g/mol. The van der Waals surface area contributed by atoms with E-state index in [1.165, 1.54) is 12.1 Å². The number of alkyl carbamates (subject to hydrolysis) is 1. The van der Waals surface area contributed by atoms with Crippen LogP contribution in [-0.2, 0) is 25.5 Å². The molecule has 10 heteroatoms. The topological polar surface area (TPSA) is 145 Å². The molecule has 2 unspecified atom stereocenters. The second kappa shape index (κ2) is 11.9. The lowest BCUT2D eigenvalue weighted by molar-refractivity contribution is -0.143. The number of benzene rings is 1. The highest BCUT2D eigenvalue weighted by atomic mass is 16.6. The van der Waals surface area contributed by atoms with Gasteiger partial charge in [0.2, 0.25) is 11.8 Å². The molecule has 1 fully saturated rings. The number of phenolic OH excluding ortho intramolecular Hbond substituents is 1. The number of nitrogens with one attached hydrogen (secondary N) is 2. The molecule has 1 aliphatic heterocycles. The molecule has 1 aliphatic rings. The SMILES string of the molecule is CC(C)C(NC(=O)OC(C)(C)C)C(=O)N1CCC(C(=O)NC(Cc2ccc(O)cc2)C(=O)O)CC1. The molecule has 3 amide bonds. The molecule has 0 aliphatic carbocycles. The number of likely N-dealkylation sites (tertiary alicyclic amines) is 1. The molecule has 0 bridgehead atoms. The van der Waals surface area contributed by atoms with Crippen molar-refractivity contribution < 1.29 is 34.1 Å². The predicted molar refractivity (Wildman–Crippen MR) is 129 cm³/mol. The Morgan fingerprint density at radius 1 is 1.06 bits per heavy atom. The Labute approximate surface area is 206 Å². The molecule has 0 radical (unpaired) electrons. The second-order valence-electron chi connectivity index (χ2n) is 10.2. The Bertz CT molecular complexity index is 901.